The molecule has 2 aliphatic rings. The van der Waals surface area contributed by atoms with Gasteiger partial charge in [0.05, 0.1) is 13.2 Å². The summed E-state index contributed by atoms with van der Waals surface area (Å²) in [5.41, 5.74) is 0.127. The number of anilines is 2. The van der Waals surface area contributed by atoms with Crippen LogP contribution in [-0.2, 0) is 4.74 Å². The Labute approximate surface area is 120 Å². The number of morpholine rings is 1. The number of aromatic nitrogens is 2. The van der Waals surface area contributed by atoms with Crippen LogP contribution in [0.5, 0.6) is 0 Å². The van der Waals surface area contributed by atoms with Crippen LogP contribution in [0.15, 0.2) is 12.4 Å². The third kappa shape index (κ3) is 3.02. The Morgan fingerprint density at radius 2 is 1.80 bits per heavy atom. The van der Waals surface area contributed by atoms with Crippen molar-refractivity contribution in [3.05, 3.63) is 12.4 Å². The Morgan fingerprint density at radius 3 is 2.50 bits per heavy atom. The van der Waals surface area contributed by atoms with Crippen LogP contribution < -0.4 is 15.1 Å². The van der Waals surface area contributed by atoms with Gasteiger partial charge < -0.3 is 19.9 Å². The number of nitrogens with zero attached hydrogens (tertiary/aromatic N) is 4. The molecule has 0 saturated carbocycles. The zero-order chi connectivity index (χ0) is 14.0. The zero-order valence-electron chi connectivity index (χ0n) is 12.3. The van der Waals surface area contributed by atoms with E-state index in [-0.39, 0.29) is 5.54 Å². The van der Waals surface area contributed by atoms with E-state index in [0.29, 0.717) is 0 Å². The maximum absolute atomic E-state index is 5.39. The molecular weight excluding hydrogens is 254 g/mol. The number of hydrogen-bond donors (Lipinski definition) is 1. The van der Waals surface area contributed by atoms with Gasteiger partial charge in [-0.05, 0) is 13.8 Å². The molecule has 2 fully saturated rings. The number of nitrogens with one attached hydrogen (secondary N) is 1. The van der Waals surface area contributed by atoms with Crippen LogP contribution in [0.25, 0.3) is 0 Å². The summed E-state index contributed by atoms with van der Waals surface area (Å²) in [6.45, 7) is 10.8. The summed E-state index contributed by atoms with van der Waals surface area (Å²) in [4.78, 5) is 13.5. The second-order valence-corrected chi connectivity index (χ2v) is 6.07. The Hall–Kier alpha value is -1.40. The predicted octanol–water partition coefficient (Wildman–Crippen LogP) is 0.501. The molecule has 2 aliphatic heterocycles. The van der Waals surface area contributed by atoms with Crippen LogP contribution in [0.1, 0.15) is 13.8 Å². The lowest BCUT2D eigenvalue weighted by atomic mass is 10.0. The Kier molecular flexibility index (Phi) is 3.76. The average molecular weight is 277 g/mol. The van der Waals surface area contributed by atoms with Crippen molar-refractivity contribution in [3.63, 3.8) is 0 Å². The summed E-state index contributed by atoms with van der Waals surface area (Å²) in [6.07, 6.45) is 1.68. The molecule has 6 nitrogen and oxygen atoms in total. The van der Waals surface area contributed by atoms with Gasteiger partial charge in [0, 0.05) is 44.3 Å². The molecule has 1 N–H and O–H groups in total. The first-order valence-electron chi connectivity index (χ1n) is 7.29. The van der Waals surface area contributed by atoms with Crippen LogP contribution in [0.3, 0.4) is 0 Å². The standard InChI is InChI=1S/C14H23N5O/c1-14(2)10-19(4-3-17-14)13-9-12(15-11-16-13)18-5-7-20-8-6-18/h9,11,17H,3-8,10H2,1-2H3. The molecule has 0 unspecified atom stereocenters. The van der Waals surface area contributed by atoms with Gasteiger partial charge in [0.1, 0.15) is 18.0 Å². The summed E-state index contributed by atoms with van der Waals surface area (Å²) >= 11 is 0. The molecule has 0 atom stereocenters. The van der Waals surface area contributed by atoms with E-state index in [0.717, 1.165) is 57.6 Å². The van der Waals surface area contributed by atoms with Crippen molar-refractivity contribution in [1.29, 1.82) is 0 Å². The number of ether oxygens (including phenoxy) is 1. The molecule has 20 heavy (non-hydrogen) atoms. The molecule has 2 saturated heterocycles. The molecule has 3 rings (SSSR count). The van der Waals surface area contributed by atoms with Gasteiger partial charge in [0.25, 0.3) is 0 Å². The van der Waals surface area contributed by atoms with Gasteiger partial charge in [-0.15, -0.1) is 0 Å². The molecule has 1 aromatic rings. The highest BCUT2D eigenvalue weighted by molar-refractivity contribution is 5.51. The van der Waals surface area contributed by atoms with Crippen molar-refractivity contribution >= 4 is 11.6 Å². The van der Waals surface area contributed by atoms with E-state index in [4.69, 9.17) is 4.74 Å². The number of piperazine rings is 1. The monoisotopic (exact) mass is 277 g/mol. The minimum Gasteiger partial charge on any atom is -0.378 e. The highest BCUT2D eigenvalue weighted by Crippen LogP contribution is 2.21. The molecule has 0 spiro atoms. The molecule has 110 valence electrons. The van der Waals surface area contributed by atoms with E-state index in [1.54, 1.807) is 6.33 Å². The van der Waals surface area contributed by atoms with Gasteiger partial charge in [-0.2, -0.15) is 0 Å². The lowest BCUT2D eigenvalue weighted by Gasteiger charge is -2.40. The minimum atomic E-state index is 0.127. The van der Waals surface area contributed by atoms with E-state index >= 15 is 0 Å². The van der Waals surface area contributed by atoms with E-state index < -0.39 is 0 Å². The van der Waals surface area contributed by atoms with Gasteiger partial charge >= 0.3 is 0 Å². The highest BCUT2D eigenvalue weighted by Gasteiger charge is 2.26. The van der Waals surface area contributed by atoms with Crippen LogP contribution in [0.2, 0.25) is 0 Å². The van der Waals surface area contributed by atoms with Crippen molar-refractivity contribution in [1.82, 2.24) is 15.3 Å². The lowest BCUT2D eigenvalue weighted by Crippen LogP contribution is -2.57. The van der Waals surface area contributed by atoms with Crippen molar-refractivity contribution in [3.8, 4) is 0 Å². The quantitative estimate of drug-likeness (QED) is 0.850. The van der Waals surface area contributed by atoms with Crippen molar-refractivity contribution in [2.45, 2.75) is 19.4 Å². The third-order valence-corrected chi connectivity index (χ3v) is 3.87. The van der Waals surface area contributed by atoms with E-state index in [9.17, 15) is 0 Å². The summed E-state index contributed by atoms with van der Waals surface area (Å²) in [5, 5.41) is 3.52. The summed E-state index contributed by atoms with van der Waals surface area (Å²) in [7, 11) is 0. The zero-order valence-corrected chi connectivity index (χ0v) is 12.3. The lowest BCUT2D eigenvalue weighted by molar-refractivity contribution is 0.122. The molecule has 0 amide bonds. The number of rotatable bonds is 2. The molecule has 0 aromatic carbocycles. The largest absolute Gasteiger partial charge is 0.378 e. The third-order valence-electron chi connectivity index (χ3n) is 3.87. The topological polar surface area (TPSA) is 53.5 Å². The summed E-state index contributed by atoms with van der Waals surface area (Å²) in [6, 6.07) is 2.10. The maximum atomic E-state index is 5.39. The smallest absolute Gasteiger partial charge is 0.134 e. The van der Waals surface area contributed by atoms with Crippen LogP contribution in [0, 0.1) is 0 Å². The van der Waals surface area contributed by atoms with E-state index in [1.165, 1.54) is 0 Å². The van der Waals surface area contributed by atoms with Crippen molar-refractivity contribution in [2.24, 2.45) is 0 Å². The van der Waals surface area contributed by atoms with Crippen molar-refractivity contribution in [2.75, 3.05) is 55.7 Å². The molecule has 3 heterocycles. The Balaban J connectivity index is 1.76. The van der Waals surface area contributed by atoms with Gasteiger partial charge in [0.2, 0.25) is 0 Å². The molecule has 0 bridgehead atoms. The van der Waals surface area contributed by atoms with Gasteiger partial charge in [-0.3, -0.25) is 0 Å². The molecule has 1 aromatic heterocycles. The molecular formula is C14H23N5O. The Morgan fingerprint density at radius 1 is 1.10 bits per heavy atom. The first-order chi connectivity index (χ1) is 9.64. The first kappa shape index (κ1) is 13.6. The summed E-state index contributed by atoms with van der Waals surface area (Å²) in [5.74, 6) is 2.03. The van der Waals surface area contributed by atoms with Gasteiger partial charge in [-0.25, -0.2) is 9.97 Å². The summed E-state index contributed by atoms with van der Waals surface area (Å²) < 4.78 is 5.39. The molecule has 0 aliphatic carbocycles. The fraction of sp³-hybridized carbons (Fsp3) is 0.714. The molecule has 0 radical (unpaired) electrons. The van der Waals surface area contributed by atoms with Crippen molar-refractivity contribution < 1.29 is 4.74 Å². The fourth-order valence-corrected chi connectivity index (χ4v) is 2.81. The minimum absolute atomic E-state index is 0.127. The highest BCUT2D eigenvalue weighted by atomic mass is 16.5. The first-order valence-corrected chi connectivity index (χ1v) is 7.29. The van der Waals surface area contributed by atoms with Crippen LogP contribution >= 0.6 is 0 Å². The van der Waals surface area contributed by atoms with Crippen LogP contribution in [-0.4, -0.2) is 61.4 Å². The van der Waals surface area contributed by atoms with Crippen LogP contribution in [0.4, 0.5) is 11.6 Å². The van der Waals surface area contributed by atoms with E-state index in [2.05, 4.69) is 45.0 Å². The fourth-order valence-electron chi connectivity index (χ4n) is 2.81. The van der Waals surface area contributed by atoms with E-state index in [1.807, 2.05) is 0 Å². The predicted molar refractivity (Wildman–Crippen MR) is 79.4 cm³/mol. The average Bonchev–Trinajstić information content (AvgIpc) is 2.47. The maximum Gasteiger partial charge on any atom is 0.134 e. The second-order valence-electron chi connectivity index (χ2n) is 6.07. The van der Waals surface area contributed by atoms with Gasteiger partial charge in [0.15, 0.2) is 0 Å². The normalized spacial score (nSPS) is 22.9. The number of hydrogen-bond acceptors (Lipinski definition) is 6. The second kappa shape index (κ2) is 5.54. The van der Waals surface area contributed by atoms with Gasteiger partial charge in [-0.1, -0.05) is 0 Å². The molecule has 6 heteroatoms. The Bertz CT molecular complexity index is 459. The SMILES string of the molecule is CC1(C)CN(c2cc(N3CCOCC3)ncn2)CCN1.